The van der Waals surface area contributed by atoms with Crippen molar-refractivity contribution in [3.63, 3.8) is 0 Å². The molecule has 0 amide bonds. The van der Waals surface area contributed by atoms with E-state index in [1.807, 2.05) is 13.8 Å². The van der Waals surface area contributed by atoms with Crippen LogP contribution in [0, 0.1) is 23.5 Å². The summed E-state index contributed by atoms with van der Waals surface area (Å²) in [5.41, 5.74) is 1.23. The molecule has 0 aliphatic heterocycles. The maximum Gasteiger partial charge on any atom is 0.334 e. The predicted octanol–water partition coefficient (Wildman–Crippen LogP) is 5.49. The number of carboxylic acid groups (broad SMARTS) is 1. The maximum atomic E-state index is 16.1. The highest BCUT2D eigenvalue weighted by molar-refractivity contribution is 7.43. The Bertz CT molecular complexity index is 1350. The van der Waals surface area contributed by atoms with E-state index in [1.54, 1.807) is 30.3 Å². The van der Waals surface area contributed by atoms with Gasteiger partial charge in [0.15, 0.2) is 5.82 Å². The van der Waals surface area contributed by atoms with Crippen molar-refractivity contribution in [2.45, 2.75) is 37.9 Å². The number of aliphatic carboxylic acids is 1. The zero-order valence-electron chi connectivity index (χ0n) is 20.2. The average Bonchev–Trinajstić information content (AvgIpc) is 2.85. The van der Waals surface area contributed by atoms with E-state index < -0.39 is 36.9 Å². The van der Waals surface area contributed by atoms with Crippen LogP contribution >= 0.6 is 8.03 Å². The Hall–Kier alpha value is -3.37. The molecule has 1 aromatic heterocycles. The first kappa shape index (κ1) is 27.2. The average molecular weight is 513 g/mol. The molecule has 0 bridgehead atoms. The molecule has 0 aliphatic rings. The van der Waals surface area contributed by atoms with Gasteiger partial charge < -0.3 is 14.7 Å². The molecule has 0 aliphatic carbocycles. The Morgan fingerprint density at radius 2 is 1.67 bits per heavy atom. The highest BCUT2D eigenvalue weighted by Crippen LogP contribution is 2.43. The second kappa shape index (κ2) is 11.1. The van der Waals surface area contributed by atoms with Gasteiger partial charge in [-0.05, 0) is 30.5 Å². The van der Waals surface area contributed by atoms with Gasteiger partial charge in [-0.2, -0.15) is 0 Å². The molecule has 2 N–H and O–H groups in total. The SMILES string of the molecule is CO[PH](=O)C(C#Cc1c(C(C)C)nc(-c2ccccc2)c(F)c1-c1ccc(F)cc1)(C(=O)O)C(C)O. The zero-order chi connectivity index (χ0) is 26.6. The summed E-state index contributed by atoms with van der Waals surface area (Å²) in [7, 11) is -2.35. The van der Waals surface area contributed by atoms with Crippen molar-refractivity contribution in [2.24, 2.45) is 0 Å². The van der Waals surface area contributed by atoms with Gasteiger partial charge in [0, 0.05) is 18.2 Å². The lowest BCUT2D eigenvalue weighted by Crippen LogP contribution is -2.44. The van der Waals surface area contributed by atoms with Gasteiger partial charge in [0.1, 0.15) is 11.5 Å². The number of carboxylic acids is 1. The number of hydrogen-bond donors (Lipinski definition) is 2. The normalized spacial score (nSPS) is 14.4. The molecule has 0 saturated carbocycles. The third-order valence-electron chi connectivity index (χ3n) is 5.75. The molecule has 0 radical (unpaired) electrons. The Labute approximate surface area is 208 Å². The molecule has 1 heterocycles. The quantitative estimate of drug-likeness (QED) is 0.320. The van der Waals surface area contributed by atoms with Crippen LogP contribution in [0.25, 0.3) is 22.4 Å². The molecular weight excluding hydrogens is 487 g/mol. The summed E-state index contributed by atoms with van der Waals surface area (Å²) < 4.78 is 47.3. The van der Waals surface area contributed by atoms with E-state index in [9.17, 15) is 24.0 Å². The van der Waals surface area contributed by atoms with Crippen molar-refractivity contribution in [1.82, 2.24) is 4.98 Å². The number of aliphatic hydroxyl groups excluding tert-OH is 1. The van der Waals surface area contributed by atoms with Gasteiger partial charge in [0.05, 0.1) is 17.4 Å². The summed E-state index contributed by atoms with van der Waals surface area (Å²) in [6.45, 7) is 4.77. The molecule has 2 aromatic carbocycles. The van der Waals surface area contributed by atoms with E-state index in [-0.39, 0.29) is 28.3 Å². The monoisotopic (exact) mass is 513 g/mol. The molecule has 0 spiro atoms. The smallest absolute Gasteiger partial charge is 0.334 e. The fraction of sp³-hybridized carbons (Fsp3) is 0.259. The summed E-state index contributed by atoms with van der Waals surface area (Å²) in [5.74, 6) is 1.91. The first-order valence-corrected chi connectivity index (χ1v) is 12.4. The molecule has 188 valence electrons. The summed E-state index contributed by atoms with van der Waals surface area (Å²) in [5, 5.41) is 17.7. The highest BCUT2D eigenvalue weighted by Gasteiger charge is 2.48. The fourth-order valence-electron chi connectivity index (χ4n) is 3.77. The summed E-state index contributed by atoms with van der Waals surface area (Å²) >= 11 is 0. The van der Waals surface area contributed by atoms with E-state index in [0.717, 1.165) is 14.0 Å². The molecule has 0 fully saturated rings. The van der Waals surface area contributed by atoms with Crippen molar-refractivity contribution in [1.29, 1.82) is 0 Å². The number of halogens is 2. The second-order valence-electron chi connectivity index (χ2n) is 8.47. The lowest BCUT2D eigenvalue weighted by atomic mass is 9.91. The lowest BCUT2D eigenvalue weighted by Gasteiger charge is -2.25. The Balaban J connectivity index is 2.46. The molecule has 36 heavy (non-hydrogen) atoms. The second-order valence-corrected chi connectivity index (χ2v) is 10.2. The van der Waals surface area contributed by atoms with Gasteiger partial charge in [0.2, 0.25) is 13.2 Å². The number of carbonyl (C=O) groups is 1. The van der Waals surface area contributed by atoms with E-state index in [1.165, 1.54) is 24.3 Å². The van der Waals surface area contributed by atoms with Crippen molar-refractivity contribution in [3.05, 3.63) is 77.5 Å². The Morgan fingerprint density at radius 1 is 1.06 bits per heavy atom. The maximum absolute atomic E-state index is 16.1. The summed E-state index contributed by atoms with van der Waals surface area (Å²) in [6.07, 6.45) is -1.67. The molecule has 3 aromatic rings. The number of hydrogen-bond acceptors (Lipinski definition) is 5. The molecular formula is C27H26F2NO5P. The van der Waals surface area contributed by atoms with Gasteiger partial charge >= 0.3 is 5.97 Å². The third kappa shape index (κ3) is 5.10. The lowest BCUT2D eigenvalue weighted by molar-refractivity contribution is -0.141. The van der Waals surface area contributed by atoms with Crippen molar-refractivity contribution >= 4 is 14.0 Å². The molecule has 3 unspecified atom stereocenters. The largest absolute Gasteiger partial charge is 0.480 e. The number of nitrogens with zero attached hydrogens (tertiary/aromatic N) is 1. The Morgan fingerprint density at radius 3 is 2.17 bits per heavy atom. The minimum Gasteiger partial charge on any atom is -0.480 e. The zero-order valence-corrected chi connectivity index (χ0v) is 21.2. The summed E-state index contributed by atoms with van der Waals surface area (Å²) in [4.78, 5) is 16.7. The minimum absolute atomic E-state index is 0.0120. The van der Waals surface area contributed by atoms with Crippen LogP contribution in [0.5, 0.6) is 0 Å². The van der Waals surface area contributed by atoms with Gasteiger partial charge in [-0.1, -0.05) is 68.2 Å². The van der Waals surface area contributed by atoms with E-state index in [4.69, 9.17) is 4.52 Å². The first-order valence-electron chi connectivity index (χ1n) is 11.1. The molecule has 6 nitrogen and oxygen atoms in total. The van der Waals surface area contributed by atoms with Crippen LogP contribution < -0.4 is 0 Å². The molecule has 3 atom stereocenters. The summed E-state index contributed by atoms with van der Waals surface area (Å²) in [6, 6.07) is 13.8. The van der Waals surface area contributed by atoms with Crippen LogP contribution in [-0.4, -0.2) is 39.5 Å². The van der Waals surface area contributed by atoms with E-state index in [2.05, 4.69) is 16.8 Å². The van der Waals surface area contributed by atoms with Crippen molar-refractivity contribution in [3.8, 4) is 34.2 Å². The molecule has 0 saturated heterocycles. The van der Waals surface area contributed by atoms with Gasteiger partial charge in [0.25, 0.3) is 0 Å². The number of benzene rings is 2. The van der Waals surface area contributed by atoms with Crippen LogP contribution in [0.4, 0.5) is 8.78 Å². The first-order chi connectivity index (χ1) is 17.0. The number of pyridine rings is 1. The van der Waals surface area contributed by atoms with Crippen LogP contribution in [0.2, 0.25) is 0 Å². The van der Waals surface area contributed by atoms with E-state index >= 15 is 4.39 Å². The standard InChI is InChI=1S/C27H26F2NO5P/c1-16(2)24-21(14-15-27(17(3)31,26(32)33)36(34)35-4)22(18-10-12-20(28)13-11-18)23(29)25(30-24)19-8-6-5-7-9-19/h5-13,16-17,31,36H,1-4H3,(H,32,33). The van der Waals surface area contributed by atoms with Crippen LogP contribution in [-0.2, 0) is 13.9 Å². The Kier molecular flexibility index (Phi) is 8.42. The van der Waals surface area contributed by atoms with Gasteiger partial charge in [-0.3, -0.25) is 4.57 Å². The number of aliphatic hydroxyl groups is 1. The molecule has 9 heteroatoms. The predicted molar refractivity (Wildman–Crippen MR) is 134 cm³/mol. The van der Waals surface area contributed by atoms with Crippen molar-refractivity contribution < 1.29 is 32.9 Å². The van der Waals surface area contributed by atoms with Crippen LogP contribution in [0.3, 0.4) is 0 Å². The van der Waals surface area contributed by atoms with E-state index in [0.29, 0.717) is 11.3 Å². The van der Waals surface area contributed by atoms with Gasteiger partial charge in [-0.25, -0.2) is 18.6 Å². The van der Waals surface area contributed by atoms with Gasteiger partial charge in [-0.15, -0.1) is 0 Å². The van der Waals surface area contributed by atoms with Crippen LogP contribution in [0.1, 0.15) is 37.9 Å². The fourth-order valence-corrected chi connectivity index (χ4v) is 4.77. The number of rotatable bonds is 7. The molecule has 3 rings (SSSR count). The van der Waals surface area contributed by atoms with Crippen LogP contribution in [0.15, 0.2) is 54.6 Å². The number of aromatic nitrogens is 1. The highest BCUT2D eigenvalue weighted by atomic mass is 31.1. The minimum atomic E-state index is -3.41. The van der Waals surface area contributed by atoms with Crippen molar-refractivity contribution in [2.75, 3.05) is 7.11 Å². The third-order valence-corrected chi connectivity index (χ3v) is 7.52. The topological polar surface area (TPSA) is 96.7 Å².